The average Bonchev–Trinajstić information content (AvgIpc) is 3.10. The number of rotatable bonds is 6. The van der Waals surface area contributed by atoms with Crippen LogP contribution in [0.4, 0.5) is 0 Å². The fraction of sp³-hybridized carbons (Fsp3) is 0.333. The van der Waals surface area contributed by atoms with E-state index < -0.39 is 24.0 Å². The number of carbonyl (C=O) groups excluding carboxylic acids is 2. The van der Waals surface area contributed by atoms with Gasteiger partial charge in [0.2, 0.25) is 5.91 Å². The van der Waals surface area contributed by atoms with Crippen LogP contribution in [0.25, 0.3) is 0 Å². The highest BCUT2D eigenvalue weighted by Gasteiger charge is 2.40. The van der Waals surface area contributed by atoms with E-state index in [0.717, 1.165) is 5.56 Å². The van der Waals surface area contributed by atoms with Crippen LogP contribution in [0.2, 0.25) is 0 Å². The molecule has 3 atom stereocenters. The molecule has 28 heavy (non-hydrogen) atoms. The molecule has 2 aromatic rings. The summed E-state index contributed by atoms with van der Waals surface area (Å²) in [6.45, 7) is 2.11. The quantitative estimate of drug-likeness (QED) is 0.794. The molecule has 7 heteroatoms. The Morgan fingerprint density at radius 1 is 1.21 bits per heavy atom. The molecule has 0 radical (unpaired) electrons. The Morgan fingerprint density at radius 3 is 2.57 bits per heavy atom. The molecule has 0 bridgehead atoms. The molecule has 7 nitrogen and oxygen atoms in total. The molecule has 1 aliphatic rings. The zero-order chi connectivity index (χ0) is 20.1. The second-order valence-corrected chi connectivity index (χ2v) is 6.96. The first-order valence-corrected chi connectivity index (χ1v) is 9.25. The summed E-state index contributed by atoms with van der Waals surface area (Å²) in [5.41, 5.74) is 1.28. The number of carboxylic acid groups (broad SMARTS) is 1. The van der Waals surface area contributed by atoms with Gasteiger partial charge in [0.05, 0.1) is 11.5 Å². The van der Waals surface area contributed by atoms with Gasteiger partial charge in [0, 0.05) is 31.4 Å². The molecule has 0 aliphatic carbocycles. The van der Waals surface area contributed by atoms with Gasteiger partial charge in [-0.1, -0.05) is 30.3 Å². The number of aromatic nitrogens is 1. The molecule has 2 N–H and O–H groups in total. The molecule has 0 saturated carbocycles. The summed E-state index contributed by atoms with van der Waals surface area (Å²) in [5, 5.41) is 12.1. The van der Waals surface area contributed by atoms with Crippen molar-refractivity contribution in [2.45, 2.75) is 31.8 Å². The Morgan fingerprint density at radius 2 is 1.96 bits per heavy atom. The van der Waals surface area contributed by atoms with Crippen molar-refractivity contribution in [3.8, 4) is 0 Å². The Hall–Kier alpha value is -3.22. The van der Waals surface area contributed by atoms with Crippen molar-refractivity contribution in [3.05, 3.63) is 66.0 Å². The fourth-order valence-electron chi connectivity index (χ4n) is 3.57. The lowest BCUT2D eigenvalue weighted by Crippen LogP contribution is -2.51. The van der Waals surface area contributed by atoms with E-state index in [1.807, 2.05) is 30.3 Å². The minimum absolute atomic E-state index is 0.266. The maximum absolute atomic E-state index is 13.2. The lowest BCUT2D eigenvalue weighted by molar-refractivity contribution is -0.143. The predicted molar refractivity (Wildman–Crippen MR) is 103 cm³/mol. The number of pyridine rings is 1. The van der Waals surface area contributed by atoms with E-state index in [2.05, 4.69) is 10.3 Å². The van der Waals surface area contributed by atoms with Crippen molar-refractivity contribution in [1.82, 2.24) is 15.2 Å². The molecular weight excluding hydrogens is 358 g/mol. The number of nitrogens with one attached hydrogen (secondary N) is 1. The molecule has 2 heterocycles. The molecule has 3 rings (SSSR count). The zero-order valence-electron chi connectivity index (χ0n) is 15.6. The van der Waals surface area contributed by atoms with Gasteiger partial charge in [0.1, 0.15) is 6.04 Å². The van der Waals surface area contributed by atoms with Crippen molar-refractivity contribution in [2.75, 3.05) is 6.54 Å². The van der Waals surface area contributed by atoms with Crippen LogP contribution in [0.15, 0.2) is 54.9 Å². The SMILES string of the molecule is CC1C(C(=O)O)CCN1C(=O)C(Cc1ccccc1)NC(=O)c1cccnc1. The third-order valence-electron chi connectivity index (χ3n) is 5.17. The van der Waals surface area contributed by atoms with E-state index in [1.165, 1.54) is 6.20 Å². The predicted octanol–water partition coefficient (Wildman–Crippen LogP) is 1.74. The molecule has 1 aromatic heterocycles. The van der Waals surface area contributed by atoms with Crippen molar-refractivity contribution in [1.29, 1.82) is 0 Å². The van der Waals surface area contributed by atoms with Gasteiger partial charge in [-0.3, -0.25) is 19.4 Å². The summed E-state index contributed by atoms with van der Waals surface area (Å²) in [6, 6.07) is 11.5. The molecule has 1 aliphatic heterocycles. The van der Waals surface area contributed by atoms with Crippen LogP contribution < -0.4 is 5.32 Å². The van der Waals surface area contributed by atoms with E-state index in [9.17, 15) is 19.5 Å². The molecule has 1 saturated heterocycles. The third-order valence-corrected chi connectivity index (χ3v) is 5.17. The highest BCUT2D eigenvalue weighted by Crippen LogP contribution is 2.25. The fourth-order valence-corrected chi connectivity index (χ4v) is 3.57. The molecular formula is C21H23N3O4. The number of nitrogens with zero attached hydrogens (tertiary/aromatic N) is 2. The summed E-state index contributed by atoms with van der Waals surface area (Å²) >= 11 is 0. The lowest BCUT2D eigenvalue weighted by atomic mass is 10.0. The first-order chi connectivity index (χ1) is 13.5. The van der Waals surface area contributed by atoms with Crippen molar-refractivity contribution in [3.63, 3.8) is 0 Å². The topological polar surface area (TPSA) is 99.6 Å². The van der Waals surface area contributed by atoms with E-state index >= 15 is 0 Å². The maximum atomic E-state index is 13.2. The summed E-state index contributed by atoms with van der Waals surface area (Å²) in [7, 11) is 0. The Kier molecular flexibility index (Phi) is 6.03. The van der Waals surface area contributed by atoms with E-state index in [4.69, 9.17) is 0 Å². The van der Waals surface area contributed by atoms with Gasteiger partial charge < -0.3 is 15.3 Å². The Labute approximate surface area is 163 Å². The number of benzene rings is 1. The first-order valence-electron chi connectivity index (χ1n) is 9.25. The molecule has 1 fully saturated rings. The zero-order valence-corrected chi connectivity index (χ0v) is 15.6. The number of likely N-dealkylation sites (tertiary alicyclic amines) is 1. The number of hydrogen-bond acceptors (Lipinski definition) is 4. The van der Waals surface area contributed by atoms with Crippen molar-refractivity contribution < 1.29 is 19.5 Å². The molecule has 0 spiro atoms. The summed E-state index contributed by atoms with van der Waals surface area (Å²) in [5.74, 6) is -2.14. The minimum atomic E-state index is -0.901. The molecule has 3 unspecified atom stereocenters. The third kappa shape index (κ3) is 4.36. The summed E-state index contributed by atoms with van der Waals surface area (Å²) < 4.78 is 0. The number of carboxylic acids is 1. The van der Waals surface area contributed by atoms with Crippen LogP contribution in [0, 0.1) is 5.92 Å². The number of aliphatic carboxylic acids is 1. The van der Waals surface area contributed by atoms with Crippen LogP contribution in [-0.2, 0) is 16.0 Å². The van der Waals surface area contributed by atoms with Crippen LogP contribution in [0.3, 0.4) is 0 Å². The first kappa shape index (κ1) is 19.5. The minimum Gasteiger partial charge on any atom is -0.481 e. The molecule has 1 aromatic carbocycles. The maximum Gasteiger partial charge on any atom is 0.308 e. The Balaban J connectivity index is 1.80. The van der Waals surface area contributed by atoms with Gasteiger partial charge in [-0.2, -0.15) is 0 Å². The van der Waals surface area contributed by atoms with Crippen molar-refractivity contribution in [2.24, 2.45) is 5.92 Å². The normalized spacial score (nSPS) is 19.8. The van der Waals surface area contributed by atoms with Gasteiger partial charge in [0.25, 0.3) is 5.91 Å². The van der Waals surface area contributed by atoms with Crippen LogP contribution in [0.5, 0.6) is 0 Å². The molecule has 2 amide bonds. The van der Waals surface area contributed by atoms with Crippen LogP contribution in [0.1, 0.15) is 29.3 Å². The summed E-state index contributed by atoms with van der Waals surface area (Å²) in [6.07, 6.45) is 3.75. The van der Waals surface area contributed by atoms with Crippen LogP contribution in [-0.4, -0.2) is 51.4 Å². The van der Waals surface area contributed by atoms with Crippen molar-refractivity contribution >= 4 is 17.8 Å². The van der Waals surface area contributed by atoms with E-state index in [-0.39, 0.29) is 11.8 Å². The standard InChI is InChI=1S/C21H23N3O4/c1-14-17(21(27)28)9-11-24(14)20(26)18(12-15-6-3-2-4-7-15)23-19(25)16-8-5-10-22-13-16/h2-8,10,13-14,17-18H,9,11-12H2,1H3,(H,23,25)(H,27,28). The smallest absolute Gasteiger partial charge is 0.308 e. The number of hydrogen-bond donors (Lipinski definition) is 2. The van der Waals surface area contributed by atoms with Gasteiger partial charge in [0.15, 0.2) is 0 Å². The number of carbonyl (C=O) groups is 3. The van der Waals surface area contributed by atoms with Gasteiger partial charge >= 0.3 is 5.97 Å². The number of amides is 2. The second kappa shape index (κ2) is 8.65. The van der Waals surface area contributed by atoms with E-state index in [0.29, 0.717) is 24.9 Å². The highest BCUT2D eigenvalue weighted by molar-refractivity contribution is 5.97. The van der Waals surface area contributed by atoms with Crippen LogP contribution >= 0.6 is 0 Å². The lowest BCUT2D eigenvalue weighted by Gasteiger charge is -2.28. The largest absolute Gasteiger partial charge is 0.481 e. The molecule has 146 valence electrons. The van der Waals surface area contributed by atoms with E-state index in [1.54, 1.807) is 30.2 Å². The highest BCUT2D eigenvalue weighted by atomic mass is 16.4. The van der Waals surface area contributed by atoms with Gasteiger partial charge in [-0.25, -0.2) is 0 Å². The van der Waals surface area contributed by atoms with Gasteiger partial charge in [-0.05, 0) is 31.0 Å². The average molecular weight is 381 g/mol. The monoisotopic (exact) mass is 381 g/mol. The summed E-state index contributed by atoms with van der Waals surface area (Å²) in [4.78, 5) is 42.7. The van der Waals surface area contributed by atoms with Gasteiger partial charge in [-0.15, -0.1) is 0 Å². The Bertz CT molecular complexity index is 841. The second-order valence-electron chi connectivity index (χ2n) is 6.96.